The molecule has 1 rings (SSSR count). The number of nitrogens with one attached hydrogen (secondary N) is 2. The van der Waals surface area contributed by atoms with Gasteiger partial charge in [0.2, 0.25) is 5.91 Å². The van der Waals surface area contributed by atoms with Gasteiger partial charge in [0.25, 0.3) is 5.91 Å². The summed E-state index contributed by atoms with van der Waals surface area (Å²) >= 11 is 0. The number of carbonyl (C=O) groups excluding carboxylic acids is 2. The minimum atomic E-state index is -0.852. The van der Waals surface area contributed by atoms with Crippen molar-refractivity contribution in [2.75, 3.05) is 11.9 Å². The molecule has 6 nitrogen and oxygen atoms in total. The van der Waals surface area contributed by atoms with Gasteiger partial charge in [0, 0.05) is 24.7 Å². The van der Waals surface area contributed by atoms with Gasteiger partial charge in [0.05, 0.1) is 5.56 Å². The topological polar surface area (TPSA) is 97.1 Å². The van der Waals surface area contributed by atoms with Gasteiger partial charge in [-0.2, -0.15) is 0 Å². The van der Waals surface area contributed by atoms with Crippen molar-refractivity contribution < 1.29 is 14.0 Å². The predicted octanol–water partition coefficient (Wildman–Crippen LogP) is 1.43. The molecule has 21 heavy (non-hydrogen) atoms. The highest BCUT2D eigenvalue weighted by Crippen LogP contribution is 2.17. The van der Waals surface area contributed by atoms with Crippen molar-refractivity contribution in [3.05, 3.63) is 23.6 Å². The van der Waals surface area contributed by atoms with Crippen molar-refractivity contribution in [1.82, 2.24) is 10.3 Å². The van der Waals surface area contributed by atoms with Gasteiger partial charge in [-0.15, -0.1) is 0 Å². The first-order valence-electron chi connectivity index (χ1n) is 6.76. The molecule has 1 aromatic rings. The highest BCUT2D eigenvalue weighted by molar-refractivity contribution is 5.96. The van der Waals surface area contributed by atoms with Crippen molar-refractivity contribution in [2.24, 2.45) is 5.73 Å². The smallest absolute Gasteiger partial charge is 0.254 e. The summed E-state index contributed by atoms with van der Waals surface area (Å²) in [6, 6.07) is 1.29. The van der Waals surface area contributed by atoms with Crippen molar-refractivity contribution in [1.29, 1.82) is 0 Å². The van der Waals surface area contributed by atoms with E-state index in [9.17, 15) is 14.0 Å². The highest BCUT2D eigenvalue weighted by Gasteiger charge is 2.25. The lowest BCUT2D eigenvalue weighted by molar-refractivity contribution is -0.119. The Labute approximate surface area is 123 Å². The fourth-order valence-electron chi connectivity index (χ4n) is 1.84. The Hall–Kier alpha value is -2.18. The molecule has 7 heteroatoms. The van der Waals surface area contributed by atoms with E-state index in [-0.39, 0.29) is 17.8 Å². The summed E-state index contributed by atoms with van der Waals surface area (Å²) < 4.78 is 14.2. The van der Waals surface area contributed by atoms with E-state index in [1.165, 1.54) is 12.3 Å². The van der Waals surface area contributed by atoms with Crippen molar-refractivity contribution in [3.8, 4) is 0 Å². The number of pyridine rings is 1. The zero-order valence-corrected chi connectivity index (χ0v) is 12.5. The number of anilines is 1. The van der Waals surface area contributed by atoms with E-state index in [0.717, 1.165) is 6.42 Å². The third-order valence-corrected chi connectivity index (χ3v) is 2.74. The summed E-state index contributed by atoms with van der Waals surface area (Å²) in [6.07, 6.45) is 2.13. The number of nitrogens with two attached hydrogens (primary N) is 1. The second-order valence-electron chi connectivity index (χ2n) is 5.43. The molecule has 2 amide bonds. The Kier molecular flexibility index (Phi) is 5.63. The minimum Gasteiger partial charge on any atom is -0.370 e. The lowest BCUT2D eigenvalue weighted by Crippen LogP contribution is -2.46. The Morgan fingerprint density at radius 2 is 2.10 bits per heavy atom. The van der Waals surface area contributed by atoms with Crippen LogP contribution in [-0.2, 0) is 4.79 Å². The fourth-order valence-corrected chi connectivity index (χ4v) is 1.84. The average Bonchev–Trinajstić information content (AvgIpc) is 2.35. The number of amides is 2. The number of aromatic nitrogens is 1. The normalized spacial score (nSPS) is 11.0. The van der Waals surface area contributed by atoms with E-state index in [0.29, 0.717) is 6.54 Å². The maximum atomic E-state index is 14.2. The van der Waals surface area contributed by atoms with Gasteiger partial charge in [0.15, 0.2) is 11.6 Å². The minimum absolute atomic E-state index is 0.0353. The second kappa shape index (κ2) is 7.01. The summed E-state index contributed by atoms with van der Waals surface area (Å²) in [5.41, 5.74) is 4.14. The summed E-state index contributed by atoms with van der Waals surface area (Å²) in [7, 11) is 0. The average molecular weight is 296 g/mol. The van der Waals surface area contributed by atoms with Crippen LogP contribution in [0.5, 0.6) is 0 Å². The van der Waals surface area contributed by atoms with E-state index >= 15 is 0 Å². The van der Waals surface area contributed by atoms with Crippen LogP contribution in [0.4, 0.5) is 10.2 Å². The van der Waals surface area contributed by atoms with Gasteiger partial charge in [-0.3, -0.25) is 9.59 Å². The molecule has 1 heterocycles. The molecule has 4 N–H and O–H groups in total. The summed E-state index contributed by atoms with van der Waals surface area (Å²) in [4.78, 5) is 26.9. The number of carbonyl (C=O) groups is 2. The van der Waals surface area contributed by atoms with Gasteiger partial charge in [-0.25, -0.2) is 9.37 Å². The lowest BCUT2D eigenvalue weighted by Gasteiger charge is -2.25. The van der Waals surface area contributed by atoms with E-state index in [1.807, 2.05) is 6.92 Å². The Balaban J connectivity index is 2.90. The van der Waals surface area contributed by atoms with Crippen LogP contribution in [0, 0.1) is 5.82 Å². The number of hydrogen-bond donors (Lipinski definition) is 3. The molecular formula is C14H21FN4O2. The molecule has 0 bridgehead atoms. The molecular weight excluding hydrogens is 275 g/mol. The van der Waals surface area contributed by atoms with Crippen LogP contribution < -0.4 is 16.4 Å². The summed E-state index contributed by atoms with van der Waals surface area (Å²) in [5.74, 6) is -1.82. The Bertz CT molecular complexity index is 532. The molecule has 0 aromatic carbocycles. The Morgan fingerprint density at radius 3 is 2.67 bits per heavy atom. The molecule has 0 atom stereocenters. The lowest BCUT2D eigenvalue weighted by atomic mass is 9.99. The molecule has 0 radical (unpaired) electrons. The third-order valence-electron chi connectivity index (χ3n) is 2.74. The first-order valence-corrected chi connectivity index (χ1v) is 6.76. The molecule has 0 fully saturated rings. The van der Waals surface area contributed by atoms with Crippen LogP contribution in [0.25, 0.3) is 0 Å². The monoisotopic (exact) mass is 296 g/mol. The van der Waals surface area contributed by atoms with Crippen molar-refractivity contribution in [2.45, 2.75) is 39.2 Å². The first kappa shape index (κ1) is 16.9. The fraction of sp³-hybridized carbons (Fsp3) is 0.500. The Morgan fingerprint density at radius 1 is 1.43 bits per heavy atom. The van der Waals surface area contributed by atoms with E-state index in [1.54, 1.807) is 13.8 Å². The van der Waals surface area contributed by atoms with Crippen LogP contribution >= 0.6 is 0 Å². The molecule has 0 saturated carbocycles. The van der Waals surface area contributed by atoms with Crippen LogP contribution in [0.2, 0.25) is 0 Å². The molecule has 0 saturated heterocycles. The van der Waals surface area contributed by atoms with Gasteiger partial charge in [-0.05, 0) is 26.3 Å². The molecule has 0 aliphatic rings. The number of primary amides is 1. The highest BCUT2D eigenvalue weighted by atomic mass is 19.1. The van der Waals surface area contributed by atoms with Crippen LogP contribution in [0.1, 0.15) is 44.0 Å². The quantitative estimate of drug-likeness (QED) is 0.709. The first-order chi connectivity index (χ1) is 9.76. The molecule has 0 aliphatic heterocycles. The number of halogens is 1. The van der Waals surface area contributed by atoms with E-state index in [2.05, 4.69) is 15.6 Å². The standard InChI is InChI=1S/C14H21FN4O2/c1-4-6-17-12-11(15)9(5-7-18-12)13(21)19-14(2,3)8-10(16)20/h5,7H,4,6,8H2,1-3H3,(H2,16,20)(H,17,18)(H,19,21). The van der Waals surface area contributed by atoms with Gasteiger partial charge in [0.1, 0.15) is 0 Å². The summed E-state index contributed by atoms with van der Waals surface area (Å²) in [6.45, 7) is 5.78. The maximum absolute atomic E-state index is 14.2. The van der Waals surface area contributed by atoms with E-state index < -0.39 is 23.2 Å². The molecule has 1 aromatic heterocycles. The van der Waals surface area contributed by atoms with Gasteiger partial charge >= 0.3 is 0 Å². The number of hydrogen-bond acceptors (Lipinski definition) is 4. The van der Waals surface area contributed by atoms with Gasteiger partial charge in [-0.1, -0.05) is 6.92 Å². The van der Waals surface area contributed by atoms with Crippen LogP contribution in [0.3, 0.4) is 0 Å². The molecule has 0 spiro atoms. The third kappa shape index (κ3) is 5.02. The zero-order chi connectivity index (χ0) is 16.0. The maximum Gasteiger partial charge on any atom is 0.254 e. The molecule has 116 valence electrons. The predicted molar refractivity (Wildman–Crippen MR) is 78.3 cm³/mol. The largest absolute Gasteiger partial charge is 0.370 e. The second-order valence-corrected chi connectivity index (χ2v) is 5.43. The van der Waals surface area contributed by atoms with Crippen molar-refractivity contribution in [3.63, 3.8) is 0 Å². The number of rotatable bonds is 7. The van der Waals surface area contributed by atoms with Crippen LogP contribution in [-0.4, -0.2) is 28.9 Å². The van der Waals surface area contributed by atoms with Crippen molar-refractivity contribution >= 4 is 17.6 Å². The van der Waals surface area contributed by atoms with Gasteiger partial charge < -0.3 is 16.4 Å². The molecule has 0 aliphatic carbocycles. The van der Waals surface area contributed by atoms with Crippen LogP contribution in [0.15, 0.2) is 12.3 Å². The summed E-state index contributed by atoms with van der Waals surface area (Å²) in [5, 5.41) is 5.41. The SMILES string of the molecule is CCCNc1nccc(C(=O)NC(C)(C)CC(N)=O)c1F. The van der Waals surface area contributed by atoms with E-state index in [4.69, 9.17) is 5.73 Å². The zero-order valence-electron chi connectivity index (χ0n) is 12.5. The number of nitrogens with zero attached hydrogens (tertiary/aromatic N) is 1. The molecule has 0 unspecified atom stereocenters.